The van der Waals surface area contributed by atoms with E-state index in [0.29, 0.717) is 22.7 Å². The van der Waals surface area contributed by atoms with Gasteiger partial charge in [-0.2, -0.15) is 5.26 Å². The van der Waals surface area contributed by atoms with Crippen molar-refractivity contribution in [2.24, 2.45) is 0 Å². The number of pyridine rings is 1. The Morgan fingerprint density at radius 1 is 1.31 bits per heavy atom. The Bertz CT molecular complexity index is 1020. The first-order chi connectivity index (χ1) is 12.5. The molecule has 0 saturated heterocycles. The van der Waals surface area contributed by atoms with E-state index < -0.39 is 0 Å². The van der Waals surface area contributed by atoms with Gasteiger partial charge in [0.15, 0.2) is 0 Å². The van der Waals surface area contributed by atoms with Crippen LogP contribution >= 0.6 is 23.1 Å². The second kappa shape index (κ2) is 7.90. The van der Waals surface area contributed by atoms with Gasteiger partial charge in [-0.05, 0) is 44.0 Å². The van der Waals surface area contributed by atoms with Crippen LogP contribution in [-0.2, 0) is 4.79 Å². The summed E-state index contributed by atoms with van der Waals surface area (Å²) in [6.45, 7) is 5.94. The van der Waals surface area contributed by atoms with Gasteiger partial charge >= 0.3 is 0 Å². The second-order valence-electron chi connectivity index (χ2n) is 6.04. The smallest absolute Gasteiger partial charge is 0.225 e. The van der Waals surface area contributed by atoms with E-state index in [-0.39, 0.29) is 5.91 Å². The number of carbonyl (C=O) groups is 1. The Morgan fingerprint density at radius 2 is 2.08 bits per heavy atom. The maximum absolute atomic E-state index is 12.2. The molecule has 0 aliphatic heterocycles. The average molecular weight is 382 g/mol. The molecule has 0 bridgehead atoms. The molecule has 2 aromatic heterocycles. The van der Waals surface area contributed by atoms with Crippen molar-refractivity contribution in [3.05, 3.63) is 51.9 Å². The third-order valence-electron chi connectivity index (χ3n) is 4.23. The van der Waals surface area contributed by atoms with Crippen molar-refractivity contribution in [2.45, 2.75) is 32.2 Å². The lowest BCUT2D eigenvalue weighted by atomic mass is 10.1. The number of para-hydroxylation sites is 1. The number of hydrogen-bond donors (Lipinski definition) is 1. The summed E-state index contributed by atoms with van der Waals surface area (Å²) in [5, 5.41) is 14.9. The highest BCUT2D eigenvalue weighted by molar-refractivity contribution is 7.99. The largest absolute Gasteiger partial charge is 0.317 e. The SMILES string of the molecule is Cc1sc(NC(=O)CCSc2cc(C)c3ccccc3n2)c(C#N)c1C. The Hall–Kier alpha value is -2.36. The Labute approximate surface area is 161 Å². The summed E-state index contributed by atoms with van der Waals surface area (Å²) in [6.07, 6.45) is 0.374. The molecule has 0 fully saturated rings. The third kappa shape index (κ3) is 3.90. The topological polar surface area (TPSA) is 65.8 Å². The maximum atomic E-state index is 12.2. The highest BCUT2D eigenvalue weighted by Gasteiger charge is 2.14. The van der Waals surface area contributed by atoms with Gasteiger partial charge < -0.3 is 5.32 Å². The summed E-state index contributed by atoms with van der Waals surface area (Å²) in [6, 6.07) is 12.3. The second-order valence-corrected chi connectivity index (χ2v) is 8.38. The maximum Gasteiger partial charge on any atom is 0.225 e. The minimum atomic E-state index is -0.0761. The van der Waals surface area contributed by atoms with Crippen LogP contribution in [0.15, 0.2) is 35.4 Å². The number of fused-ring (bicyclic) bond motifs is 1. The fraction of sp³-hybridized carbons (Fsp3) is 0.250. The van der Waals surface area contributed by atoms with Gasteiger partial charge in [0, 0.05) is 22.4 Å². The van der Waals surface area contributed by atoms with E-state index >= 15 is 0 Å². The predicted octanol–water partition coefficient (Wildman–Crippen LogP) is 5.21. The predicted molar refractivity (Wildman–Crippen MR) is 109 cm³/mol. The lowest BCUT2D eigenvalue weighted by molar-refractivity contribution is -0.115. The molecule has 1 aromatic carbocycles. The summed E-state index contributed by atoms with van der Waals surface area (Å²) < 4.78 is 0. The van der Waals surface area contributed by atoms with Crippen LogP contribution in [0.5, 0.6) is 0 Å². The molecule has 0 atom stereocenters. The monoisotopic (exact) mass is 381 g/mol. The van der Waals surface area contributed by atoms with Gasteiger partial charge in [-0.3, -0.25) is 4.79 Å². The summed E-state index contributed by atoms with van der Waals surface area (Å²) in [7, 11) is 0. The number of benzene rings is 1. The summed E-state index contributed by atoms with van der Waals surface area (Å²) in [4.78, 5) is 17.9. The first-order valence-corrected chi connectivity index (χ1v) is 10.1. The molecule has 0 aliphatic carbocycles. The molecule has 2 heterocycles. The number of nitrogens with zero attached hydrogens (tertiary/aromatic N) is 2. The number of rotatable bonds is 5. The van der Waals surface area contributed by atoms with Gasteiger partial charge in [-0.15, -0.1) is 23.1 Å². The van der Waals surface area contributed by atoms with Crippen LogP contribution in [0.3, 0.4) is 0 Å². The van der Waals surface area contributed by atoms with E-state index in [4.69, 9.17) is 0 Å². The molecule has 132 valence electrons. The number of aryl methyl sites for hydroxylation is 2. The van der Waals surface area contributed by atoms with Crippen LogP contribution in [0.4, 0.5) is 5.00 Å². The van der Waals surface area contributed by atoms with Gasteiger partial charge in [-0.1, -0.05) is 18.2 Å². The van der Waals surface area contributed by atoms with Gasteiger partial charge in [0.2, 0.25) is 5.91 Å². The van der Waals surface area contributed by atoms with Crippen LogP contribution in [0.1, 0.15) is 28.0 Å². The lowest BCUT2D eigenvalue weighted by Crippen LogP contribution is -2.12. The molecular weight excluding hydrogens is 362 g/mol. The molecule has 0 unspecified atom stereocenters. The minimum Gasteiger partial charge on any atom is -0.317 e. The van der Waals surface area contributed by atoms with Crippen LogP contribution in [0, 0.1) is 32.1 Å². The summed E-state index contributed by atoms with van der Waals surface area (Å²) in [5.74, 6) is 0.565. The number of carbonyl (C=O) groups excluding carboxylic acids is 1. The van der Waals surface area contributed by atoms with E-state index in [9.17, 15) is 10.1 Å². The Morgan fingerprint density at radius 3 is 2.85 bits per heavy atom. The van der Waals surface area contributed by atoms with Crippen molar-refractivity contribution < 1.29 is 4.79 Å². The zero-order valence-electron chi connectivity index (χ0n) is 14.9. The lowest BCUT2D eigenvalue weighted by Gasteiger charge is -2.06. The molecule has 1 N–H and O–H groups in total. The first-order valence-electron chi connectivity index (χ1n) is 8.28. The minimum absolute atomic E-state index is 0.0761. The van der Waals surface area contributed by atoms with Crippen molar-refractivity contribution in [1.29, 1.82) is 5.26 Å². The number of hydrogen-bond acceptors (Lipinski definition) is 5. The number of nitriles is 1. The van der Waals surface area contributed by atoms with E-state index in [1.54, 1.807) is 11.8 Å². The fourth-order valence-corrected chi connectivity index (χ4v) is 4.63. The van der Waals surface area contributed by atoms with E-state index in [1.165, 1.54) is 16.9 Å². The van der Waals surface area contributed by atoms with E-state index in [0.717, 1.165) is 26.4 Å². The molecule has 6 heteroatoms. The van der Waals surface area contributed by atoms with E-state index in [1.807, 2.05) is 32.0 Å². The van der Waals surface area contributed by atoms with Crippen molar-refractivity contribution in [2.75, 3.05) is 11.1 Å². The number of thiophene rings is 1. The number of amides is 1. The highest BCUT2D eigenvalue weighted by Crippen LogP contribution is 2.32. The number of anilines is 1. The van der Waals surface area contributed by atoms with Crippen LogP contribution < -0.4 is 5.32 Å². The molecular formula is C20H19N3OS2. The van der Waals surface area contributed by atoms with Gasteiger partial charge in [-0.25, -0.2) is 4.98 Å². The molecule has 0 spiro atoms. The number of nitrogens with one attached hydrogen (secondary N) is 1. The Kier molecular flexibility index (Phi) is 5.60. The zero-order chi connectivity index (χ0) is 18.7. The standard InChI is InChI=1S/C20H19N3OS2/c1-12-10-19(22-17-7-5-4-6-15(12)17)25-9-8-18(24)23-20-16(11-21)13(2)14(3)26-20/h4-7,10H,8-9H2,1-3H3,(H,23,24). The molecule has 0 saturated carbocycles. The fourth-order valence-electron chi connectivity index (χ4n) is 2.68. The van der Waals surface area contributed by atoms with Crippen LogP contribution in [0.2, 0.25) is 0 Å². The van der Waals surface area contributed by atoms with Crippen molar-refractivity contribution in [1.82, 2.24) is 4.98 Å². The summed E-state index contributed by atoms with van der Waals surface area (Å²) in [5.41, 5.74) is 3.67. The number of thioether (sulfide) groups is 1. The number of aromatic nitrogens is 1. The zero-order valence-corrected chi connectivity index (χ0v) is 16.6. The molecule has 3 aromatic rings. The normalized spacial score (nSPS) is 10.7. The average Bonchev–Trinajstić information content (AvgIpc) is 2.88. The first kappa shape index (κ1) is 18.4. The summed E-state index contributed by atoms with van der Waals surface area (Å²) >= 11 is 3.03. The molecule has 0 aliphatic rings. The molecule has 1 amide bonds. The van der Waals surface area contributed by atoms with Crippen molar-refractivity contribution >= 4 is 44.9 Å². The van der Waals surface area contributed by atoms with Gasteiger partial charge in [0.05, 0.1) is 16.1 Å². The quantitative estimate of drug-likeness (QED) is 0.616. The van der Waals surface area contributed by atoms with Crippen LogP contribution in [0.25, 0.3) is 10.9 Å². The van der Waals surface area contributed by atoms with Crippen molar-refractivity contribution in [3.63, 3.8) is 0 Å². The molecule has 26 heavy (non-hydrogen) atoms. The molecule has 4 nitrogen and oxygen atoms in total. The third-order valence-corrected chi connectivity index (χ3v) is 6.26. The molecule has 3 rings (SSSR count). The molecule has 0 radical (unpaired) electrons. The van der Waals surface area contributed by atoms with Crippen molar-refractivity contribution in [3.8, 4) is 6.07 Å². The highest BCUT2D eigenvalue weighted by atomic mass is 32.2. The van der Waals surface area contributed by atoms with Gasteiger partial charge in [0.25, 0.3) is 0 Å². The van der Waals surface area contributed by atoms with E-state index in [2.05, 4.69) is 35.4 Å². The van der Waals surface area contributed by atoms with Crippen LogP contribution in [-0.4, -0.2) is 16.6 Å². The van der Waals surface area contributed by atoms with Gasteiger partial charge in [0.1, 0.15) is 11.1 Å². The Balaban J connectivity index is 1.61.